The maximum atomic E-state index is 15.1. The van der Waals surface area contributed by atoms with Crippen LogP contribution < -0.4 is 11.1 Å². The standard InChI is InChI=1S/C22H22FN7O2/c1-3-17(31)29-9-11-6-15(29)16(7-11)30-21-18(20(24)26-10-27-21)19(28-30)13-5-4-12(8-14(13)23)22(32)25-2/h3-5,8,10-11,15-16H,1,6-7,9H2,2H3,(H,25,32)(H2,24,26,27)/t11-,15+,16+/m1/s1. The van der Waals surface area contributed by atoms with E-state index in [0.29, 0.717) is 29.2 Å². The number of piperidine rings is 1. The molecule has 2 aromatic heterocycles. The van der Waals surface area contributed by atoms with Crippen molar-refractivity contribution in [1.29, 1.82) is 0 Å². The summed E-state index contributed by atoms with van der Waals surface area (Å²) in [5.41, 5.74) is 7.36. The Hall–Kier alpha value is -3.82. The van der Waals surface area contributed by atoms with Gasteiger partial charge in [0.25, 0.3) is 5.91 Å². The van der Waals surface area contributed by atoms with E-state index < -0.39 is 5.82 Å². The molecule has 9 nitrogen and oxygen atoms in total. The van der Waals surface area contributed by atoms with Gasteiger partial charge in [-0.1, -0.05) is 6.58 Å². The molecule has 10 heteroatoms. The summed E-state index contributed by atoms with van der Waals surface area (Å²) in [5.74, 6) is -0.545. The smallest absolute Gasteiger partial charge is 0.251 e. The lowest BCUT2D eigenvalue weighted by Crippen LogP contribution is -2.42. The lowest BCUT2D eigenvalue weighted by atomic mass is 10.1. The minimum absolute atomic E-state index is 0.0434. The minimum atomic E-state index is -0.600. The van der Waals surface area contributed by atoms with Crippen molar-refractivity contribution in [3.63, 3.8) is 0 Å². The second kappa shape index (κ2) is 7.40. The average molecular weight is 435 g/mol. The minimum Gasteiger partial charge on any atom is -0.383 e. The Balaban J connectivity index is 1.64. The third-order valence-corrected chi connectivity index (χ3v) is 6.45. The first kappa shape index (κ1) is 20.1. The predicted octanol–water partition coefficient (Wildman–Crippen LogP) is 1.92. The summed E-state index contributed by atoms with van der Waals surface area (Å²) in [4.78, 5) is 34.5. The molecule has 0 spiro atoms. The zero-order valence-corrected chi connectivity index (χ0v) is 17.5. The normalized spacial score (nSPS) is 21.8. The number of likely N-dealkylation sites (tertiary alicyclic amines) is 1. The Morgan fingerprint density at radius 1 is 1.28 bits per heavy atom. The number of nitrogens with two attached hydrogens (primary N) is 1. The highest BCUT2D eigenvalue weighted by atomic mass is 19.1. The molecule has 3 aromatic rings. The van der Waals surface area contributed by atoms with E-state index in [0.717, 1.165) is 12.8 Å². The van der Waals surface area contributed by atoms with Gasteiger partial charge in [-0.25, -0.2) is 19.0 Å². The van der Waals surface area contributed by atoms with Gasteiger partial charge in [-0.2, -0.15) is 5.10 Å². The van der Waals surface area contributed by atoms with Gasteiger partial charge in [0, 0.05) is 24.7 Å². The van der Waals surface area contributed by atoms with Crippen molar-refractivity contribution < 1.29 is 14.0 Å². The van der Waals surface area contributed by atoms with Gasteiger partial charge in [0.05, 0.1) is 17.5 Å². The molecule has 2 amide bonds. The number of nitrogen functional groups attached to an aromatic ring is 1. The molecular formula is C22H22FN7O2. The number of anilines is 1. The van der Waals surface area contributed by atoms with Gasteiger partial charge in [-0.05, 0) is 43.0 Å². The highest BCUT2D eigenvalue weighted by molar-refractivity contribution is 5.99. The Kier molecular flexibility index (Phi) is 4.65. The van der Waals surface area contributed by atoms with Crippen molar-refractivity contribution in [3.05, 3.63) is 48.6 Å². The first-order chi connectivity index (χ1) is 15.4. The van der Waals surface area contributed by atoms with Crippen LogP contribution in [0.3, 0.4) is 0 Å². The average Bonchev–Trinajstić information content (AvgIpc) is 3.51. The number of fused-ring (bicyclic) bond motifs is 3. The molecule has 2 fully saturated rings. The molecule has 1 saturated heterocycles. The number of halogens is 1. The number of amides is 2. The highest BCUT2D eigenvalue weighted by Crippen LogP contribution is 2.46. The van der Waals surface area contributed by atoms with Gasteiger partial charge in [-0.15, -0.1) is 0 Å². The zero-order valence-electron chi connectivity index (χ0n) is 17.5. The van der Waals surface area contributed by atoms with E-state index in [-0.39, 0.29) is 40.8 Å². The molecule has 0 radical (unpaired) electrons. The molecule has 1 aromatic carbocycles. The molecule has 164 valence electrons. The number of hydrogen-bond acceptors (Lipinski definition) is 6. The molecule has 3 N–H and O–H groups in total. The van der Waals surface area contributed by atoms with Crippen LogP contribution in [0, 0.1) is 11.7 Å². The van der Waals surface area contributed by atoms with Crippen LogP contribution in [0.25, 0.3) is 22.3 Å². The summed E-state index contributed by atoms with van der Waals surface area (Å²) in [6.07, 6.45) is 4.39. The van der Waals surface area contributed by atoms with E-state index in [1.165, 1.54) is 37.7 Å². The van der Waals surface area contributed by atoms with Crippen molar-refractivity contribution in [2.24, 2.45) is 5.92 Å². The van der Waals surface area contributed by atoms with Crippen molar-refractivity contribution >= 4 is 28.7 Å². The summed E-state index contributed by atoms with van der Waals surface area (Å²) in [7, 11) is 1.48. The summed E-state index contributed by atoms with van der Waals surface area (Å²) in [6, 6.07) is 4.05. The van der Waals surface area contributed by atoms with E-state index in [1.54, 1.807) is 4.68 Å². The zero-order chi connectivity index (χ0) is 22.6. The topological polar surface area (TPSA) is 119 Å². The number of hydrogen-bond donors (Lipinski definition) is 2. The van der Waals surface area contributed by atoms with E-state index in [1.807, 2.05) is 4.90 Å². The molecule has 2 aliphatic rings. The van der Waals surface area contributed by atoms with Crippen LogP contribution in [0.15, 0.2) is 37.2 Å². The summed E-state index contributed by atoms with van der Waals surface area (Å²) in [5, 5.41) is 7.65. The third kappa shape index (κ3) is 2.94. The second-order valence-electron chi connectivity index (χ2n) is 8.19. The van der Waals surface area contributed by atoms with Crippen molar-refractivity contribution in [2.45, 2.75) is 24.9 Å². The van der Waals surface area contributed by atoms with E-state index in [9.17, 15) is 9.59 Å². The van der Waals surface area contributed by atoms with E-state index >= 15 is 4.39 Å². The number of aromatic nitrogens is 4. The van der Waals surface area contributed by atoms with Crippen LogP contribution in [0.4, 0.5) is 10.2 Å². The Labute approximate surface area is 183 Å². The van der Waals surface area contributed by atoms with Gasteiger partial charge in [0.2, 0.25) is 5.91 Å². The third-order valence-electron chi connectivity index (χ3n) is 6.45. The Bertz CT molecular complexity index is 1270. The molecule has 5 rings (SSSR count). The molecule has 3 atom stereocenters. The molecule has 2 bridgehead atoms. The number of rotatable bonds is 4. The molecule has 0 unspecified atom stereocenters. The molecule has 1 aliphatic heterocycles. The summed E-state index contributed by atoms with van der Waals surface area (Å²) < 4.78 is 16.8. The van der Waals surface area contributed by atoms with Gasteiger partial charge in [-0.3, -0.25) is 9.59 Å². The van der Waals surface area contributed by atoms with Crippen LogP contribution in [-0.2, 0) is 4.79 Å². The maximum absolute atomic E-state index is 15.1. The fourth-order valence-electron chi connectivity index (χ4n) is 5.03. The Morgan fingerprint density at radius 3 is 2.75 bits per heavy atom. The van der Waals surface area contributed by atoms with E-state index in [4.69, 9.17) is 10.8 Å². The van der Waals surface area contributed by atoms with Crippen molar-refractivity contribution in [3.8, 4) is 11.3 Å². The largest absolute Gasteiger partial charge is 0.383 e. The predicted molar refractivity (Wildman–Crippen MR) is 116 cm³/mol. The van der Waals surface area contributed by atoms with Gasteiger partial charge in [0.1, 0.15) is 23.7 Å². The van der Waals surface area contributed by atoms with Crippen LogP contribution in [0.5, 0.6) is 0 Å². The summed E-state index contributed by atoms with van der Waals surface area (Å²) in [6.45, 7) is 4.31. The molecular weight excluding hydrogens is 413 g/mol. The number of carbonyl (C=O) groups is 2. The van der Waals surface area contributed by atoms with Crippen LogP contribution in [0.2, 0.25) is 0 Å². The van der Waals surface area contributed by atoms with Gasteiger partial charge in [0.15, 0.2) is 5.65 Å². The lowest BCUT2D eigenvalue weighted by Gasteiger charge is -2.32. The monoisotopic (exact) mass is 435 g/mol. The van der Waals surface area contributed by atoms with Gasteiger partial charge < -0.3 is 16.0 Å². The molecule has 32 heavy (non-hydrogen) atoms. The summed E-state index contributed by atoms with van der Waals surface area (Å²) >= 11 is 0. The maximum Gasteiger partial charge on any atom is 0.251 e. The van der Waals surface area contributed by atoms with Crippen molar-refractivity contribution in [1.82, 2.24) is 30.0 Å². The number of nitrogens with zero attached hydrogens (tertiary/aromatic N) is 5. The highest BCUT2D eigenvalue weighted by Gasteiger charge is 2.48. The lowest BCUT2D eigenvalue weighted by molar-refractivity contribution is -0.128. The molecule has 3 heterocycles. The SMILES string of the molecule is C=CC(=O)N1C[C@@H]2C[C@H]1[C@@H](n1nc(-c3ccc(C(=O)NC)cc3F)c3c(N)ncnc31)C2. The number of carbonyl (C=O) groups excluding carboxylic acids is 2. The van der Waals surface area contributed by atoms with Crippen LogP contribution in [-0.4, -0.2) is 56.1 Å². The van der Waals surface area contributed by atoms with Crippen molar-refractivity contribution in [2.75, 3.05) is 19.3 Å². The fraction of sp³-hybridized carbons (Fsp3) is 0.318. The first-order valence-electron chi connectivity index (χ1n) is 10.4. The molecule has 1 aliphatic carbocycles. The number of nitrogens with one attached hydrogen (secondary N) is 1. The quantitative estimate of drug-likeness (QED) is 0.605. The van der Waals surface area contributed by atoms with Crippen LogP contribution in [0.1, 0.15) is 29.2 Å². The number of benzene rings is 1. The second-order valence-corrected chi connectivity index (χ2v) is 8.19. The van der Waals surface area contributed by atoms with Gasteiger partial charge >= 0.3 is 0 Å². The van der Waals surface area contributed by atoms with E-state index in [2.05, 4.69) is 21.9 Å². The van der Waals surface area contributed by atoms with Crippen LogP contribution >= 0.6 is 0 Å². The first-order valence-corrected chi connectivity index (χ1v) is 10.4. The molecule has 1 saturated carbocycles. The fourth-order valence-corrected chi connectivity index (χ4v) is 5.03. The Morgan fingerprint density at radius 2 is 2.06 bits per heavy atom.